The van der Waals surface area contributed by atoms with Gasteiger partial charge in [-0.25, -0.2) is 4.98 Å². The van der Waals surface area contributed by atoms with E-state index in [1.807, 2.05) is 0 Å². The van der Waals surface area contributed by atoms with E-state index in [0.29, 0.717) is 5.41 Å². The Morgan fingerprint density at radius 2 is 1.74 bits per heavy atom. The molecule has 1 aromatic heterocycles. The number of hydrogen-bond donors (Lipinski definition) is 1. The number of benzene rings is 1. The number of imidazole rings is 1. The Labute approximate surface area is 114 Å². The van der Waals surface area contributed by atoms with Crippen LogP contribution in [0.3, 0.4) is 0 Å². The molecule has 3 nitrogen and oxygen atoms in total. The van der Waals surface area contributed by atoms with Crippen LogP contribution in [0.15, 0.2) is 24.3 Å². The van der Waals surface area contributed by atoms with Crippen molar-refractivity contribution >= 4 is 17.0 Å². The highest BCUT2D eigenvalue weighted by Crippen LogP contribution is 2.46. The van der Waals surface area contributed by atoms with Crippen LogP contribution in [-0.2, 0) is 0 Å². The van der Waals surface area contributed by atoms with E-state index < -0.39 is 0 Å². The molecule has 0 radical (unpaired) electrons. The Morgan fingerprint density at radius 1 is 1.00 bits per heavy atom. The molecule has 2 heterocycles. The summed E-state index contributed by atoms with van der Waals surface area (Å²) in [5.41, 5.74) is 2.92. The number of fused-ring (bicyclic) bond motifs is 1. The summed E-state index contributed by atoms with van der Waals surface area (Å²) in [4.78, 5) is 10.6. The Hall–Kier alpha value is -1.51. The lowest BCUT2D eigenvalue weighted by molar-refractivity contribution is 0.225. The van der Waals surface area contributed by atoms with E-state index in [-0.39, 0.29) is 0 Å². The second-order valence-corrected chi connectivity index (χ2v) is 6.27. The number of para-hydroxylation sites is 2. The first-order valence-corrected chi connectivity index (χ1v) is 7.54. The van der Waals surface area contributed by atoms with E-state index in [1.165, 1.54) is 51.6 Å². The van der Waals surface area contributed by atoms with Crippen molar-refractivity contribution in [1.82, 2.24) is 9.97 Å². The fourth-order valence-corrected chi connectivity index (χ4v) is 3.91. The fraction of sp³-hybridized carbons (Fsp3) is 0.562. The molecule has 2 aliphatic rings. The van der Waals surface area contributed by atoms with E-state index in [9.17, 15) is 0 Å². The van der Waals surface area contributed by atoms with E-state index in [2.05, 4.69) is 34.1 Å². The zero-order valence-electron chi connectivity index (χ0n) is 11.4. The third kappa shape index (κ3) is 1.92. The predicted octanol–water partition coefficient (Wildman–Crippen LogP) is 3.72. The van der Waals surface area contributed by atoms with Crippen LogP contribution in [0.25, 0.3) is 11.0 Å². The summed E-state index contributed by atoms with van der Waals surface area (Å²) in [6.07, 6.45) is 8.52. The van der Waals surface area contributed by atoms with Gasteiger partial charge in [-0.2, -0.15) is 0 Å². The van der Waals surface area contributed by atoms with Crippen molar-refractivity contribution in [2.45, 2.75) is 38.5 Å². The smallest absolute Gasteiger partial charge is 0.203 e. The largest absolute Gasteiger partial charge is 0.342 e. The zero-order chi connectivity index (χ0) is 12.7. The molecule has 0 amide bonds. The van der Waals surface area contributed by atoms with Crippen molar-refractivity contribution in [2.75, 3.05) is 18.0 Å². The Balaban J connectivity index is 1.54. The van der Waals surface area contributed by atoms with Gasteiger partial charge in [-0.05, 0) is 43.2 Å². The second-order valence-electron chi connectivity index (χ2n) is 6.27. The first-order valence-electron chi connectivity index (χ1n) is 7.54. The predicted molar refractivity (Wildman–Crippen MR) is 78.4 cm³/mol. The normalized spacial score (nSPS) is 22.4. The van der Waals surface area contributed by atoms with Crippen LogP contribution in [0.1, 0.15) is 38.5 Å². The molecule has 1 N–H and O–H groups in total. The molecule has 2 aromatic rings. The monoisotopic (exact) mass is 255 g/mol. The molecule has 0 atom stereocenters. The van der Waals surface area contributed by atoms with Crippen LogP contribution < -0.4 is 4.90 Å². The minimum absolute atomic E-state index is 0.683. The lowest BCUT2D eigenvalue weighted by Gasteiger charge is -2.39. The average molecular weight is 255 g/mol. The highest BCUT2D eigenvalue weighted by atomic mass is 15.3. The summed E-state index contributed by atoms with van der Waals surface area (Å²) in [5.74, 6) is 1.06. The van der Waals surface area contributed by atoms with Crippen molar-refractivity contribution in [3.05, 3.63) is 24.3 Å². The van der Waals surface area contributed by atoms with Gasteiger partial charge in [-0.3, -0.25) is 0 Å². The van der Waals surface area contributed by atoms with Crippen molar-refractivity contribution in [3.8, 4) is 0 Å². The van der Waals surface area contributed by atoms with Crippen molar-refractivity contribution < 1.29 is 0 Å². The van der Waals surface area contributed by atoms with Crippen LogP contribution in [0.5, 0.6) is 0 Å². The van der Waals surface area contributed by atoms with Crippen molar-refractivity contribution in [3.63, 3.8) is 0 Å². The number of piperidine rings is 1. The molecule has 1 aliphatic carbocycles. The van der Waals surface area contributed by atoms with Gasteiger partial charge in [-0.15, -0.1) is 0 Å². The van der Waals surface area contributed by atoms with Crippen LogP contribution in [0.2, 0.25) is 0 Å². The first-order chi connectivity index (χ1) is 9.35. The number of aromatic nitrogens is 2. The maximum absolute atomic E-state index is 4.72. The van der Waals surface area contributed by atoms with Gasteiger partial charge in [0.15, 0.2) is 0 Å². The maximum atomic E-state index is 4.72. The number of nitrogens with zero attached hydrogens (tertiary/aromatic N) is 2. The minimum Gasteiger partial charge on any atom is -0.342 e. The van der Waals surface area contributed by atoms with Gasteiger partial charge in [0.1, 0.15) is 0 Å². The van der Waals surface area contributed by atoms with Crippen LogP contribution >= 0.6 is 0 Å². The number of anilines is 1. The maximum Gasteiger partial charge on any atom is 0.203 e. The van der Waals surface area contributed by atoms with Crippen molar-refractivity contribution in [2.24, 2.45) is 5.41 Å². The number of aromatic amines is 1. The molecular weight excluding hydrogens is 234 g/mol. The number of hydrogen-bond acceptors (Lipinski definition) is 2. The average Bonchev–Trinajstić information content (AvgIpc) is 3.06. The van der Waals surface area contributed by atoms with Crippen molar-refractivity contribution in [1.29, 1.82) is 0 Å². The highest BCUT2D eigenvalue weighted by Gasteiger charge is 2.37. The van der Waals surface area contributed by atoms with E-state index >= 15 is 0 Å². The third-order valence-electron chi connectivity index (χ3n) is 5.16. The lowest BCUT2D eigenvalue weighted by Crippen LogP contribution is -2.39. The number of rotatable bonds is 1. The van der Waals surface area contributed by atoms with Crippen LogP contribution in [-0.4, -0.2) is 23.1 Å². The highest BCUT2D eigenvalue weighted by molar-refractivity contribution is 5.77. The van der Waals surface area contributed by atoms with Gasteiger partial charge >= 0.3 is 0 Å². The molecule has 1 saturated heterocycles. The van der Waals surface area contributed by atoms with Gasteiger partial charge in [0.05, 0.1) is 11.0 Å². The summed E-state index contributed by atoms with van der Waals surface area (Å²) in [6, 6.07) is 8.30. The number of nitrogens with one attached hydrogen (secondary N) is 1. The second kappa shape index (κ2) is 4.26. The lowest BCUT2D eigenvalue weighted by atomic mass is 9.77. The summed E-state index contributed by atoms with van der Waals surface area (Å²) >= 11 is 0. The Morgan fingerprint density at radius 3 is 2.47 bits per heavy atom. The molecule has 4 rings (SSSR count). The molecule has 1 aliphatic heterocycles. The van der Waals surface area contributed by atoms with E-state index in [0.717, 1.165) is 17.0 Å². The number of H-pyrrole nitrogens is 1. The van der Waals surface area contributed by atoms with Crippen LogP contribution in [0.4, 0.5) is 5.95 Å². The molecular formula is C16H21N3. The molecule has 3 heteroatoms. The quantitative estimate of drug-likeness (QED) is 0.842. The van der Waals surface area contributed by atoms with Gasteiger partial charge in [-0.1, -0.05) is 25.0 Å². The topological polar surface area (TPSA) is 31.9 Å². The van der Waals surface area contributed by atoms with Gasteiger partial charge in [0.2, 0.25) is 5.95 Å². The zero-order valence-corrected chi connectivity index (χ0v) is 11.4. The summed E-state index contributed by atoms with van der Waals surface area (Å²) < 4.78 is 0. The SMILES string of the molecule is c1ccc2[nH]c(N3CCC4(CCCC4)CC3)nc2c1. The molecule has 100 valence electrons. The van der Waals surface area contributed by atoms with Gasteiger partial charge in [0, 0.05) is 13.1 Å². The molecule has 0 bridgehead atoms. The summed E-state index contributed by atoms with van der Waals surface area (Å²) in [7, 11) is 0. The fourth-order valence-electron chi connectivity index (χ4n) is 3.91. The first kappa shape index (κ1) is 11.3. The Kier molecular flexibility index (Phi) is 2.54. The van der Waals surface area contributed by atoms with Crippen LogP contribution in [0, 0.1) is 5.41 Å². The molecule has 1 spiro atoms. The third-order valence-corrected chi connectivity index (χ3v) is 5.16. The van der Waals surface area contributed by atoms with Gasteiger partial charge < -0.3 is 9.88 Å². The molecule has 1 saturated carbocycles. The Bertz CT molecular complexity index is 537. The summed E-state index contributed by atoms with van der Waals surface area (Å²) in [5, 5.41) is 0. The van der Waals surface area contributed by atoms with E-state index in [4.69, 9.17) is 4.98 Å². The van der Waals surface area contributed by atoms with E-state index in [1.54, 1.807) is 0 Å². The molecule has 0 unspecified atom stereocenters. The molecule has 2 fully saturated rings. The molecule has 19 heavy (non-hydrogen) atoms. The molecule has 1 aromatic carbocycles. The summed E-state index contributed by atoms with van der Waals surface area (Å²) in [6.45, 7) is 2.33. The standard InChI is InChI=1S/C16H21N3/c1-2-6-14-13(5-1)17-15(18-14)19-11-9-16(10-12-19)7-3-4-8-16/h1-2,5-6H,3-4,7-12H2,(H,17,18). The van der Waals surface area contributed by atoms with Gasteiger partial charge in [0.25, 0.3) is 0 Å². The minimum atomic E-state index is 0.683.